The Hall–Kier alpha value is -1.98. The summed E-state index contributed by atoms with van der Waals surface area (Å²) in [7, 11) is 0. The first-order valence-corrected chi connectivity index (χ1v) is 7.11. The Labute approximate surface area is 118 Å². The standard InChI is InChI=1S/C14H22N4O2/c1-2-7-18-10-12(3-4-13(18)19)16-11-5-8-17(9-6-11)14(15)20/h3-4,10-11,16H,2,5-9H2,1H3,(H2,15,20). The molecule has 1 aromatic heterocycles. The first kappa shape index (κ1) is 14.4. The average molecular weight is 278 g/mol. The number of carbonyl (C=O) groups is 1. The topological polar surface area (TPSA) is 80.4 Å². The zero-order chi connectivity index (χ0) is 14.5. The first-order chi connectivity index (χ1) is 9.60. The van der Waals surface area contributed by atoms with E-state index >= 15 is 0 Å². The quantitative estimate of drug-likeness (QED) is 0.868. The molecule has 0 saturated carbocycles. The van der Waals surface area contributed by atoms with Gasteiger partial charge in [-0.15, -0.1) is 0 Å². The van der Waals surface area contributed by atoms with Gasteiger partial charge < -0.3 is 20.5 Å². The summed E-state index contributed by atoms with van der Waals surface area (Å²) in [4.78, 5) is 24.4. The second-order valence-corrected chi connectivity index (χ2v) is 5.19. The van der Waals surface area contributed by atoms with Crippen LogP contribution in [0.1, 0.15) is 26.2 Å². The molecule has 2 rings (SSSR count). The fraction of sp³-hybridized carbons (Fsp3) is 0.571. The molecule has 2 amide bonds. The Morgan fingerprint density at radius 3 is 2.70 bits per heavy atom. The lowest BCUT2D eigenvalue weighted by molar-refractivity contribution is 0.193. The highest BCUT2D eigenvalue weighted by molar-refractivity contribution is 5.72. The van der Waals surface area contributed by atoms with Gasteiger partial charge >= 0.3 is 6.03 Å². The lowest BCUT2D eigenvalue weighted by atomic mass is 10.1. The number of aryl methyl sites for hydroxylation is 1. The van der Waals surface area contributed by atoms with Gasteiger partial charge in [0.2, 0.25) is 0 Å². The van der Waals surface area contributed by atoms with E-state index in [1.54, 1.807) is 15.5 Å². The van der Waals surface area contributed by atoms with Crippen LogP contribution in [0.5, 0.6) is 0 Å². The number of nitrogens with two attached hydrogens (primary N) is 1. The number of piperidine rings is 1. The Kier molecular flexibility index (Phi) is 4.65. The summed E-state index contributed by atoms with van der Waals surface area (Å²) in [6, 6.07) is 3.38. The predicted molar refractivity (Wildman–Crippen MR) is 78.8 cm³/mol. The smallest absolute Gasteiger partial charge is 0.314 e. The molecule has 1 saturated heterocycles. The number of rotatable bonds is 4. The molecule has 20 heavy (non-hydrogen) atoms. The third kappa shape index (κ3) is 3.53. The van der Waals surface area contributed by atoms with Crippen molar-refractivity contribution in [3.8, 4) is 0 Å². The van der Waals surface area contributed by atoms with Crippen LogP contribution in [-0.2, 0) is 6.54 Å². The van der Waals surface area contributed by atoms with Gasteiger partial charge in [-0.1, -0.05) is 6.92 Å². The number of amides is 2. The highest BCUT2D eigenvalue weighted by Crippen LogP contribution is 2.15. The van der Waals surface area contributed by atoms with Gasteiger partial charge in [0, 0.05) is 37.9 Å². The molecule has 0 spiro atoms. The van der Waals surface area contributed by atoms with Crippen LogP contribution in [-0.4, -0.2) is 34.6 Å². The van der Waals surface area contributed by atoms with Gasteiger partial charge in [-0.05, 0) is 25.3 Å². The maximum Gasteiger partial charge on any atom is 0.314 e. The maximum absolute atomic E-state index is 11.6. The molecule has 0 bridgehead atoms. The van der Waals surface area contributed by atoms with E-state index in [9.17, 15) is 9.59 Å². The minimum atomic E-state index is -0.347. The van der Waals surface area contributed by atoms with Crippen molar-refractivity contribution in [1.29, 1.82) is 0 Å². The van der Waals surface area contributed by atoms with E-state index in [-0.39, 0.29) is 11.6 Å². The molecule has 0 radical (unpaired) electrons. The van der Waals surface area contributed by atoms with E-state index in [4.69, 9.17) is 5.73 Å². The Bertz CT molecular complexity index is 518. The molecule has 0 atom stereocenters. The molecule has 2 heterocycles. The minimum absolute atomic E-state index is 0.0287. The molecule has 3 N–H and O–H groups in total. The van der Waals surface area contributed by atoms with Crippen LogP contribution in [0.25, 0.3) is 0 Å². The summed E-state index contributed by atoms with van der Waals surface area (Å²) in [5.74, 6) is 0. The number of nitrogens with zero attached hydrogens (tertiary/aromatic N) is 2. The monoisotopic (exact) mass is 278 g/mol. The molecular weight excluding hydrogens is 256 g/mol. The zero-order valence-corrected chi connectivity index (χ0v) is 11.8. The number of likely N-dealkylation sites (tertiary alicyclic amines) is 1. The van der Waals surface area contributed by atoms with Crippen molar-refractivity contribution in [2.45, 2.75) is 38.8 Å². The highest BCUT2D eigenvalue weighted by atomic mass is 16.2. The fourth-order valence-corrected chi connectivity index (χ4v) is 2.51. The Morgan fingerprint density at radius 2 is 2.10 bits per heavy atom. The van der Waals surface area contributed by atoms with E-state index in [0.29, 0.717) is 19.1 Å². The third-order valence-electron chi connectivity index (χ3n) is 3.63. The molecule has 1 aromatic rings. The van der Waals surface area contributed by atoms with Gasteiger partial charge in [0.05, 0.1) is 5.69 Å². The Balaban J connectivity index is 1.96. The van der Waals surface area contributed by atoms with Crippen molar-refractivity contribution in [2.24, 2.45) is 5.73 Å². The van der Waals surface area contributed by atoms with E-state index in [0.717, 1.165) is 31.5 Å². The molecule has 1 fully saturated rings. The van der Waals surface area contributed by atoms with Crippen LogP contribution >= 0.6 is 0 Å². The lowest BCUT2D eigenvalue weighted by Gasteiger charge is -2.31. The van der Waals surface area contributed by atoms with Crippen LogP contribution < -0.4 is 16.6 Å². The van der Waals surface area contributed by atoms with Gasteiger partial charge in [0.25, 0.3) is 5.56 Å². The van der Waals surface area contributed by atoms with Crippen LogP contribution in [0.4, 0.5) is 10.5 Å². The number of carbonyl (C=O) groups excluding carboxylic acids is 1. The van der Waals surface area contributed by atoms with Crippen molar-refractivity contribution in [2.75, 3.05) is 18.4 Å². The summed E-state index contributed by atoms with van der Waals surface area (Å²) in [6.07, 6.45) is 4.54. The SMILES string of the molecule is CCCn1cc(NC2CCN(C(N)=O)CC2)ccc1=O. The molecule has 1 aliphatic heterocycles. The molecule has 1 aliphatic rings. The maximum atomic E-state index is 11.6. The average Bonchev–Trinajstić information content (AvgIpc) is 2.43. The van der Waals surface area contributed by atoms with Crippen molar-refractivity contribution >= 4 is 11.7 Å². The fourth-order valence-electron chi connectivity index (χ4n) is 2.51. The van der Waals surface area contributed by atoms with E-state index < -0.39 is 0 Å². The summed E-state index contributed by atoms with van der Waals surface area (Å²) in [5, 5.41) is 3.43. The van der Waals surface area contributed by atoms with Crippen molar-refractivity contribution in [1.82, 2.24) is 9.47 Å². The zero-order valence-electron chi connectivity index (χ0n) is 11.8. The number of hydrogen-bond acceptors (Lipinski definition) is 3. The largest absolute Gasteiger partial charge is 0.381 e. The number of nitrogens with one attached hydrogen (secondary N) is 1. The molecular formula is C14H22N4O2. The van der Waals surface area contributed by atoms with Gasteiger partial charge in [0.1, 0.15) is 0 Å². The van der Waals surface area contributed by atoms with Gasteiger partial charge in [-0.3, -0.25) is 4.79 Å². The summed E-state index contributed by atoms with van der Waals surface area (Å²) in [6.45, 7) is 4.14. The molecule has 0 aliphatic carbocycles. The number of hydrogen-bond donors (Lipinski definition) is 2. The first-order valence-electron chi connectivity index (χ1n) is 7.11. The molecule has 0 aromatic carbocycles. The lowest BCUT2D eigenvalue weighted by Crippen LogP contribution is -2.44. The number of anilines is 1. The summed E-state index contributed by atoms with van der Waals surface area (Å²) in [5.41, 5.74) is 6.25. The number of pyridine rings is 1. The van der Waals surface area contributed by atoms with Crippen LogP contribution in [0.3, 0.4) is 0 Å². The van der Waals surface area contributed by atoms with E-state index in [1.165, 1.54) is 0 Å². The van der Waals surface area contributed by atoms with Crippen molar-refractivity contribution in [3.05, 3.63) is 28.7 Å². The van der Waals surface area contributed by atoms with Crippen LogP contribution in [0.15, 0.2) is 23.1 Å². The number of primary amides is 1. The molecule has 6 nitrogen and oxygen atoms in total. The van der Waals surface area contributed by atoms with Gasteiger partial charge in [-0.25, -0.2) is 4.79 Å². The van der Waals surface area contributed by atoms with Crippen molar-refractivity contribution < 1.29 is 4.79 Å². The minimum Gasteiger partial charge on any atom is -0.381 e. The van der Waals surface area contributed by atoms with Gasteiger partial charge in [-0.2, -0.15) is 0 Å². The van der Waals surface area contributed by atoms with Crippen LogP contribution in [0.2, 0.25) is 0 Å². The molecule has 0 unspecified atom stereocenters. The highest BCUT2D eigenvalue weighted by Gasteiger charge is 2.20. The van der Waals surface area contributed by atoms with E-state index in [1.807, 2.05) is 19.2 Å². The normalized spacial score (nSPS) is 16.1. The Morgan fingerprint density at radius 1 is 1.40 bits per heavy atom. The predicted octanol–water partition coefficient (Wildman–Crippen LogP) is 1.21. The second kappa shape index (κ2) is 6.45. The summed E-state index contributed by atoms with van der Waals surface area (Å²) < 4.78 is 1.72. The second-order valence-electron chi connectivity index (χ2n) is 5.19. The third-order valence-corrected chi connectivity index (χ3v) is 3.63. The van der Waals surface area contributed by atoms with Gasteiger partial charge in [0.15, 0.2) is 0 Å². The molecule has 110 valence electrons. The van der Waals surface area contributed by atoms with Crippen molar-refractivity contribution in [3.63, 3.8) is 0 Å². The van der Waals surface area contributed by atoms with Crippen LogP contribution in [0, 0.1) is 0 Å². The molecule has 6 heteroatoms. The van der Waals surface area contributed by atoms with E-state index in [2.05, 4.69) is 5.32 Å². The number of urea groups is 1. The summed E-state index contributed by atoms with van der Waals surface area (Å²) >= 11 is 0. The number of aromatic nitrogens is 1.